The number of aryl methyl sites for hydroxylation is 1. The van der Waals surface area contributed by atoms with Gasteiger partial charge in [0.25, 0.3) is 0 Å². The Hall–Kier alpha value is -1.57. The summed E-state index contributed by atoms with van der Waals surface area (Å²) in [4.78, 5) is 12.1. The highest BCUT2D eigenvalue weighted by Crippen LogP contribution is 2.27. The Morgan fingerprint density at radius 1 is 1.25 bits per heavy atom. The van der Waals surface area contributed by atoms with Gasteiger partial charge in [0.15, 0.2) is 5.76 Å². The molecule has 0 bridgehead atoms. The first-order valence-electron chi connectivity index (χ1n) is 5.43. The Kier molecular flexibility index (Phi) is 2.38. The van der Waals surface area contributed by atoms with Crippen LogP contribution in [-0.2, 0) is 0 Å². The number of benzene rings is 1. The summed E-state index contributed by atoms with van der Waals surface area (Å²) in [5, 5.41) is 1.02. The number of ketones is 1. The second-order valence-electron chi connectivity index (χ2n) is 5.18. The average Bonchev–Trinajstić information content (AvgIpc) is 2.60. The summed E-state index contributed by atoms with van der Waals surface area (Å²) in [5.41, 5.74) is 1.52. The molecule has 0 saturated heterocycles. The fraction of sp³-hybridized carbons (Fsp3) is 0.357. The van der Waals surface area contributed by atoms with Crippen molar-refractivity contribution in [3.63, 3.8) is 0 Å². The minimum absolute atomic E-state index is 0.0445. The molecule has 2 heteroatoms. The van der Waals surface area contributed by atoms with E-state index in [1.54, 1.807) is 0 Å². The van der Waals surface area contributed by atoms with Crippen molar-refractivity contribution in [3.8, 4) is 0 Å². The van der Waals surface area contributed by atoms with E-state index in [-0.39, 0.29) is 5.78 Å². The van der Waals surface area contributed by atoms with Crippen LogP contribution < -0.4 is 0 Å². The highest BCUT2D eigenvalue weighted by molar-refractivity contribution is 6.01. The van der Waals surface area contributed by atoms with Gasteiger partial charge in [-0.25, -0.2) is 0 Å². The van der Waals surface area contributed by atoms with Crippen LogP contribution in [0.25, 0.3) is 11.0 Å². The number of fused-ring (bicyclic) bond motifs is 1. The molecule has 0 amide bonds. The van der Waals surface area contributed by atoms with Crippen LogP contribution in [0.4, 0.5) is 0 Å². The van der Waals surface area contributed by atoms with E-state index < -0.39 is 5.41 Å². The van der Waals surface area contributed by atoms with Gasteiger partial charge in [-0.1, -0.05) is 32.9 Å². The smallest absolute Gasteiger partial charge is 0.203 e. The predicted molar refractivity (Wildman–Crippen MR) is 64.7 cm³/mol. The molecule has 1 aromatic heterocycles. The summed E-state index contributed by atoms with van der Waals surface area (Å²) in [6.07, 6.45) is 0. The van der Waals surface area contributed by atoms with Crippen molar-refractivity contribution in [3.05, 3.63) is 35.6 Å². The van der Waals surface area contributed by atoms with Crippen LogP contribution in [0.1, 0.15) is 36.9 Å². The topological polar surface area (TPSA) is 30.2 Å². The van der Waals surface area contributed by atoms with E-state index in [2.05, 4.69) is 0 Å². The molecule has 2 aromatic rings. The molecular weight excluding hydrogens is 200 g/mol. The quantitative estimate of drug-likeness (QED) is 0.675. The molecule has 2 nitrogen and oxygen atoms in total. The van der Waals surface area contributed by atoms with Gasteiger partial charge in [-0.15, -0.1) is 0 Å². The molecule has 1 heterocycles. The number of carbonyl (C=O) groups excluding carboxylic acids is 1. The molecule has 1 aromatic carbocycles. The molecule has 16 heavy (non-hydrogen) atoms. The van der Waals surface area contributed by atoms with E-state index in [0.29, 0.717) is 5.76 Å². The maximum Gasteiger partial charge on any atom is 0.203 e. The van der Waals surface area contributed by atoms with Crippen molar-refractivity contribution in [1.29, 1.82) is 0 Å². The Bertz CT molecular complexity index is 541. The van der Waals surface area contributed by atoms with Crippen LogP contribution in [-0.4, -0.2) is 5.78 Å². The first-order valence-corrected chi connectivity index (χ1v) is 5.43. The van der Waals surface area contributed by atoms with Crippen molar-refractivity contribution in [2.24, 2.45) is 5.41 Å². The zero-order chi connectivity index (χ0) is 11.9. The van der Waals surface area contributed by atoms with E-state index in [1.165, 1.54) is 0 Å². The Labute approximate surface area is 95.3 Å². The van der Waals surface area contributed by atoms with Gasteiger partial charge in [-0.2, -0.15) is 0 Å². The molecule has 0 N–H and O–H groups in total. The van der Waals surface area contributed by atoms with Crippen LogP contribution >= 0.6 is 0 Å². The van der Waals surface area contributed by atoms with Gasteiger partial charge in [-0.05, 0) is 24.6 Å². The first kappa shape index (κ1) is 10.9. The third-order valence-electron chi connectivity index (χ3n) is 2.68. The molecule has 0 spiro atoms. The number of hydrogen-bond acceptors (Lipinski definition) is 2. The maximum atomic E-state index is 12.1. The molecule has 0 aliphatic rings. The highest BCUT2D eigenvalue weighted by atomic mass is 16.3. The number of carbonyl (C=O) groups is 1. The van der Waals surface area contributed by atoms with Crippen LogP contribution in [0.2, 0.25) is 0 Å². The summed E-state index contributed by atoms with van der Waals surface area (Å²) in [6.45, 7) is 7.71. The van der Waals surface area contributed by atoms with Gasteiger partial charge in [0, 0.05) is 10.8 Å². The van der Waals surface area contributed by atoms with Crippen molar-refractivity contribution < 1.29 is 9.21 Å². The number of Topliss-reactive ketones (excluding diaryl/α,β-unsaturated/α-hetero) is 1. The lowest BCUT2D eigenvalue weighted by molar-refractivity contribution is 0.0831. The molecule has 0 radical (unpaired) electrons. The SMILES string of the molecule is Cc1cccc2oc(C(=O)C(C)(C)C)cc12. The van der Waals surface area contributed by atoms with Crippen LogP contribution in [0.5, 0.6) is 0 Å². The third-order valence-corrected chi connectivity index (χ3v) is 2.68. The third kappa shape index (κ3) is 1.75. The van der Waals surface area contributed by atoms with Crippen molar-refractivity contribution in [2.75, 3.05) is 0 Å². The molecule has 0 unspecified atom stereocenters. The minimum Gasteiger partial charge on any atom is -0.453 e. The lowest BCUT2D eigenvalue weighted by Gasteiger charge is -2.13. The minimum atomic E-state index is -0.401. The van der Waals surface area contributed by atoms with Gasteiger partial charge in [0.1, 0.15) is 5.58 Å². The number of rotatable bonds is 1. The first-order chi connectivity index (χ1) is 7.39. The van der Waals surface area contributed by atoms with Crippen LogP contribution in [0.15, 0.2) is 28.7 Å². The monoisotopic (exact) mass is 216 g/mol. The Balaban J connectivity index is 2.56. The largest absolute Gasteiger partial charge is 0.453 e. The van der Waals surface area contributed by atoms with E-state index in [4.69, 9.17) is 4.42 Å². The fourth-order valence-corrected chi connectivity index (χ4v) is 1.69. The molecule has 0 saturated carbocycles. The van der Waals surface area contributed by atoms with Gasteiger partial charge in [0.2, 0.25) is 5.78 Å². The second kappa shape index (κ2) is 3.48. The molecule has 0 atom stereocenters. The van der Waals surface area contributed by atoms with E-state index >= 15 is 0 Å². The van der Waals surface area contributed by atoms with Crippen molar-refractivity contribution in [1.82, 2.24) is 0 Å². The van der Waals surface area contributed by atoms with Gasteiger partial charge in [0.05, 0.1) is 0 Å². The summed E-state index contributed by atoms with van der Waals surface area (Å²) >= 11 is 0. The standard InChI is InChI=1S/C14H16O2/c1-9-6-5-7-11-10(9)8-12(16-11)13(15)14(2,3)4/h5-8H,1-4H3. The average molecular weight is 216 g/mol. The van der Waals surface area contributed by atoms with E-state index in [0.717, 1.165) is 16.5 Å². The van der Waals surface area contributed by atoms with E-state index in [9.17, 15) is 4.79 Å². The summed E-state index contributed by atoms with van der Waals surface area (Å²) < 4.78 is 5.59. The Morgan fingerprint density at radius 2 is 1.94 bits per heavy atom. The molecule has 84 valence electrons. The summed E-state index contributed by atoms with van der Waals surface area (Å²) in [6, 6.07) is 7.69. The summed E-state index contributed by atoms with van der Waals surface area (Å²) in [7, 11) is 0. The highest BCUT2D eigenvalue weighted by Gasteiger charge is 2.26. The van der Waals surface area contributed by atoms with Crippen LogP contribution in [0.3, 0.4) is 0 Å². The molecule has 0 fully saturated rings. The van der Waals surface area contributed by atoms with Crippen molar-refractivity contribution >= 4 is 16.8 Å². The second-order valence-corrected chi connectivity index (χ2v) is 5.18. The number of furan rings is 1. The molecular formula is C14H16O2. The van der Waals surface area contributed by atoms with Gasteiger partial charge < -0.3 is 4.42 Å². The molecule has 0 aliphatic carbocycles. The van der Waals surface area contributed by atoms with Crippen molar-refractivity contribution in [2.45, 2.75) is 27.7 Å². The predicted octanol–water partition coefficient (Wildman–Crippen LogP) is 3.97. The maximum absolute atomic E-state index is 12.1. The molecule has 0 aliphatic heterocycles. The zero-order valence-electron chi connectivity index (χ0n) is 10.1. The number of hydrogen-bond donors (Lipinski definition) is 0. The van der Waals surface area contributed by atoms with Gasteiger partial charge >= 0.3 is 0 Å². The normalized spacial score (nSPS) is 12.0. The zero-order valence-corrected chi connectivity index (χ0v) is 10.1. The summed E-state index contributed by atoms with van der Waals surface area (Å²) in [5.74, 6) is 0.500. The van der Waals surface area contributed by atoms with E-state index in [1.807, 2.05) is 52.0 Å². The lowest BCUT2D eigenvalue weighted by Crippen LogP contribution is -2.19. The fourth-order valence-electron chi connectivity index (χ4n) is 1.69. The Morgan fingerprint density at radius 3 is 2.50 bits per heavy atom. The van der Waals surface area contributed by atoms with Gasteiger partial charge in [-0.3, -0.25) is 4.79 Å². The lowest BCUT2D eigenvalue weighted by atomic mass is 9.89. The van der Waals surface area contributed by atoms with Crippen LogP contribution in [0, 0.1) is 12.3 Å². The molecule has 2 rings (SSSR count).